The molecule has 0 aliphatic heterocycles. The lowest BCUT2D eigenvalue weighted by molar-refractivity contribution is -0.123. The van der Waals surface area contributed by atoms with E-state index >= 15 is 0 Å². The van der Waals surface area contributed by atoms with E-state index in [0.717, 1.165) is 58.5 Å². The highest BCUT2D eigenvalue weighted by Gasteiger charge is 2.38. The van der Waals surface area contributed by atoms with E-state index in [2.05, 4.69) is 0 Å². The summed E-state index contributed by atoms with van der Waals surface area (Å²) in [5.41, 5.74) is 9.42. The Labute approximate surface area is 198 Å². The second kappa shape index (κ2) is 8.86. The lowest BCUT2D eigenvalue weighted by atomic mass is 9.82. The number of carbonyl (C=O) groups is 2. The van der Waals surface area contributed by atoms with Crippen LogP contribution in [0.2, 0.25) is 0 Å². The van der Waals surface area contributed by atoms with Crippen LogP contribution in [0.3, 0.4) is 0 Å². The van der Waals surface area contributed by atoms with Gasteiger partial charge in [-0.1, -0.05) is 40.0 Å². The Kier molecular flexibility index (Phi) is 6.27. The van der Waals surface area contributed by atoms with Gasteiger partial charge in [0.1, 0.15) is 16.7 Å². The third-order valence-corrected chi connectivity index (χ3v) is 7.79. The van der Waals surface area contributed by atoms with Crippen LogP contribution >= 0.6 is 11.3 Å². The lowest BCUT2D eigenvalue weighted by Crippen LogP contribution is -2.36. The van der Waals surface area contributed by atoms with Gasteiger partial charge < -0.3 is 20.1 Å². The lowest BCUT2D eigenvalue weighted by Gasteiger charge is -2.32. The number of carbonyl (C=O) groups excluding carboxylic acids is 1. The molecule has 1 aromatic carbocycles. The quantitative estimate of drug-likeness (QED) is 0.450. The van der Waals surface area contributed by atoms with Crippen molar-refractivity contribution in [3.05, 3.63) is 40.8 Å². The van der Waals surface area contributed by atoms with Crippen molar-refractivity contribution >= 4 is 33.4 Å². The zero-order valence-electron chi connectivity index (χ0n) is 19.7. The van der Waals surface area contributed by atoms with E-state index in [1.54, 1.807) is 13.2 Å². The van der Waals surface area contributed by atoms with Crippen molar-refractivity contribution in [2.75, 3.05) is 7.11 Å². The molecule has 1 fully saturated rings. The van der Waals surface area contributed by atoms with Gasteiger partial charge in [0.15, 0.2) is 0 Å². The first kappa shape index (κ1) is 23.4. The molecular formula is C26H32N2O4S. The smallest absolute Gasteiger partial charge is 0.345 e. The average molecular weight is 469 g/mol. The molecule has 3 aromatic rings. The number of aromatic carboxylic acids is 1. The number of ether oxygens (including phenoxy) is 1. The second-order valence-electron chi connectivity index (χ2n) is 10.00. The number of hydrogen-bond donors (Lipinski definition) is 2. The van der Waals surface area contributed by atoms with Crippen molar-refractivity contribution < 1.29 is 19.4 Å². The maximum atomic E-state index is 12.9. The van der Waals surface area contributed by atoms with Gasteiger partial charge in [-0.05, 0) is 65.6 Å². The molecule has 0 radical (unpaired) electrons. The second-order valence-corrected chi connectivity index (χ2v) is 11.0. The summed E-state index contributed by atoms with van der Waals surface area (Å²) in [7, 11) is 1.64. The van der Waals surface area contributed by atoms with Crippen LogP contribution < -0.4 is 10.5 Å². The summed E-state index contributed by atoms with van der Waals surface area (Å²) in [5.74, 6) is -0.302. The molecule has 1 amide bonds. The number of nitrogens with two attached hydrogens (primary N) is 1. The Hall–Kier alpha value is -2.80. The third-order valence-electron chi connectivity index (χ3n) is 6.65. The number of amides is 1. The van der Waals surface area contributed by atoms with Gasteiger partial charge in [-0.3, -0.25) is 4.79 Å². The van der Waals surface area contributed by atoms with Crippen LogP contribution in [0.25, 0.3) is 21.5 Å². The van der Waals surface area contributed by atoms with Crippen LogP contribution in [0.15, 0.2) is 30.3 Å². The summed E-state index contributed by atoms with van der Waals surface area (Å²) in [5, 5.41) is 9.74. The van der Waals surface area contributed by atoms with Crippen LogP contribution in [0.5, 0.6) is 5.75 Å². The molecule has 3 N–H and O–H groups in total. The molecule has 0 saturated heterocycles. The maximum absolute atomic E-state index is 12.9. The van der Waals surface area contributed by atoms with Crippen molar-refractivity contribution in [2.24, 2.45) is 11.1 Å². The molecule has 1 aliphatic rings. The van der Waals surface area contributed by atoms with Gasteiger partial charge in [0.2, 0.25) is 5.91 Å². The number of hydrogen-bond acceptors (Lipinski definition) is 4. The molecule has 176 valence electrons. The van der Waals surface area contributed by atoms with Crippen LogP contribution in [-0.4, -0.2) is 28.7 Å². The molecule has 1 atom stereocenters. The zero-order valence-corrected chi connectivity index (χ0v) is 20.5. The van der Waals surface area contributed by atoms with Gasteiger partial charge in [-0.15, -0.1) is 11.3 Å². The summed E-state index contributed by atoms with van der Waals surface area (Å²) in [6.07, 6.45) is 5.62. The summed E-state index contributed by atoms with van der Waals surface area (Å²) < 4.78 is 8.34. The van der Waals surface area contributed by atoms with E-state index in [0.29, 0.717) is 5.92 Å². The van der Waals surface area contributed by atoms with Crippen LogP contribution in [0.4, 0.5) is 0 Å². The molecule has 2 heterocycles. The van der Waals surface area contributed by atoms with E-state index < -0.39 is 23.3 Å². The molecule has 2 aromatic heterocycles. The zero-order chi connectivity index (χ0) is 23.9. The first-order valence-corrected chi connectivity index (χ1v) is 12.3. The molecule has 4 rings (SSSR count). The monoisotopic (exact) mass is 468 g/mol. The van der Waals surface area contributed by atoms with Crippen molar-refractivity contribution in [3.63, 3.8) is 0 Å². The van der Waals surface area contributed by atoms with E-state index in [9.17, 15) is 14.7 Å². The SMILES string of the molecule is COc1ccc(-c2c(C3CCCCC3)c3sc(C(=O)O)cc3n2C(C(N)=O)C(C)(C)C)cc1. The fourth-order valence-electron chi connectivity index (χ4n) is 5.24. The minimum Gasteiger partial charge on any atom is -0.497 e. The Balaban J connectivity index is 2.11. The van der Waals surface area contributed by atoms with Crippen molar-refractivity contribution in [3.8, 4) is 17.0 Å². The van der Waals surface area contributed by atoms with E-state index in [4.69, 9.17) is 10.5 Å². The van der Waals surface area contributed by atoms with Crippen LogP contribution in [-0.2, 0) is 4.79 Å². The molecule has 7 heteroatoms. The minimum atomic E-state index is -0.949. The molecule has 1 saturated carbocycles. The Morgan fingerprint density at radius 1 is 1.15 bits per heavy atom. The largest absolute Gasteiger partial charge is 0.497 e. The molecule has 0 bridgehead atoms. The molecule has 0 spiro atoms. The first-order chi connectivity index (χ1) is 15.6. The van der Waals surface area contributed by atoms with Gasteiger partial charge >= 0.3 is 5.97 Å². The summed E-state index contributed by atoms with van der Waals surface area (Å²) in [6, 6.07) is 8.95. The number of rotatable bonds is 6. The van der Waals surface area contributed by atoms with Crippen molar-refractivity contribution in [1.29, 1.82) is 0 Å². The molecule has 1 unspecified atom stereocenters. The summed E-state index contributed by atoms with van der Waals surface area (Å²) in [4.78, 5) is 25.0. The standard InChI is InChI=1S/C26H32N2O4S/c1-26(2,3)23(24(27)29)28-18-14-19(25(30)31)33-22(18)20(15-8-6-5-7-9-15)21(28)16-10-12-17(32-4)13-11-16/h10-15,23H,5-9H2,1-4H3,(H2,27,29)(H,30,31). The van der Waals surface area contributed by atoms with Gasteiger partial charge in [-0.25, -0.2) is 4.79 Å². The fourth-order valence-corrected chi connectivity index (χ4v) is 6.35. The molecule has 33 heavy (non-hydrogen) atoms. The van der Waals surface area contributed by atoms with Crippen molar-refractivity contribution in [1.82, 2.24) is 4.57 Å². The minimum absolute atomic E-state index is 0.282. The number of fused-ring (bicyclic) bond motifs is 1. The Bertz CT molecular complexity index is 1180. The maximum Gasteiger partial charge on any atom is 0.345 e. The van der Waals surface area contributed by atoms with Gasteiger partial charge in [0, 0.05) is 0 Å². The van der Waals surface area contributed by atoms with Crippen LogP contribution in [0.1, 0.15) is 80.1 Å². The van der Waals surface area contributed by atoms with Crippen molar-refractivity contribution in [2.45, 2.75) is 64.8 Å². The number of aromatic nitrogens is 1. The Morgan fingerprint density at radius 2 is 1.79 bits per heavy atom. The highest BCUT2D eigenvalue weighted by atomic mass is 32.1. The van der Waals surface area contributed by atoms with Gasteiger partial charge in [-0.2, -0.15) is 0 Å². The number of thiophene rings is 1. The predicted octanol–water partition coefficient (Wildman–Crippen LogP) is 6.20. The number of primary amides is 1. The van der Waals surface area contributed by atoms with Gasteiger partial charge in [0.05, 0.1) is 23.0 Å². The number of carboxylic acid groups (broad SMARTS) is 1. The normalized spacial score (nSPS) is 16.1. The first-order valence-electron chi connectivity index (χ1n) is 11.5. The third kappa shape index (κ3) is 4.26. The summed E-state index contributed by atoms with van der Waals surface area (Å²) >= 11 is 1.31. The highest BCUT2D eigenvalue weighted by molar-refractivity contribution is 7.21. The van der Waals surface area contributed by atoms with E-state index in [-0.39, 0.29) is 4.88 Å². The number of benzene rings is 1. The predicted molar refractivity (Wildman–Crippen MR) is 132 cm³/mol. The molecular weight excluding hydrogens is 436 g/mol. The number of nitrogens with zero attached hydrogens (tertiary/aromatic N) is 1. The number of methoxy groups -OCH3 is 1. The average Bonchev–Trinajstić information content (AvgIpc) is 3.32. The van der Waals surface area contributed by atoms with Gasteiger partial charge in [0.25, 0.3) is 0 Å². The molecule has 1 aliphatic carbocycles. The van der Waals surface area contributed by atoms with E-state index in [1.807, 2.05) is 49.6 Å². The van der Waals surface area contributed by atoms with Crippen LogP contribution in [0, 0.1) is 5.41 Å². The number of carboxylic acids is 1. The summed E-state index contributed by atoms with van der Waals surface area (Å²) in [6.45, 7) is 5.99. The fraction of sp³-hybridized carbons (Fsp3) is 0.462. The van der Waals surface area contributed by atoms with E-state index in [1.165, 1.54) is 17.8 Å². The topological polar surface area (TPSA) is 94.6 Å². The molecule has 6 nitrogen and oxygen atoms in total. The highest BCUT2D eigenvalue weighted by Crippen LogP contribution is 2.50. The Morgan fingerprint density at radius 3 is 2.30 bits per heavy atom.